The lowest BCUT2D eigenvalue weighted by molar-refractivity contribution is -0.113. The molecule has 2 N–H and O–H groups in total. The monoisotopic (exact) mass is 549 g/mol. The van der Waals surface area contributed by atoms with E-state index in [9.17, 15) is 9.18 Å². The summed E-state index contributed by atoms with van der Waals surface area (Å²) in [5.74, 6) is 1.30. The number of benzene rings is 3. The molecule has 5 rings (SSSR count). The number of halogens is 2. The van der Waals surface area contributed by atoms with Crippen LogP contribution in [-0.2, 0) is 11.4 Å². The lowest BCUT2D eigenvalue weighted by atomic mass is 9.95. The highest BCUT2D eigenvalue weighted by molar-refractivity contribution is 6.31. The largest absolute Gasteiger partial charge is 0.497 e. The van der Waals surface area contributed by atoms with Crippen molar-refractivity contribution in [2.75, 3.05) is 24.9 Å². The van der Waals surface area contributed by atoms with Gasteiger partial charge in [0.15, 0.2) is 0 Å². The summed E-state index contributed by atoms with van der Waals surface area (Å²) in [4.78, 5) is 17.9. The van der Waals surface area contributed by atoms with Gasteiger partial charge in [-0.1, -0.05) is 29.8 Å². The zero-order chi connectivity index (χ0) is 27.5. The van der Waals surface area contributed by atoms with Gasteiger partial charge in [0.25, 0.3) is 5.91 Å². The van der Waals surface area contributed by atoms with Crippen LogP contribution in [0.2, 0.25) is 5.02 Å². The zero-order valence-corrected chi connectivity index (χ0v) is 22.1. The third-order valence-electron chi connectivity index (χ3n) is 6.34. The average Bonchev–Trinajstić information content (AvgIpc) is 3.40. The molecule has 11 heteroatoms. The van der Waals surface area contributed by atoms with Gasteiger partial charge < -0.3 is 24.8 Å². The van der Waals surface area contributed by atoms with Crippen LogP contribution in [0.5, 0.6) is 17.2 Å². The van der Waals surface area contributed by atoms with E-state index >= 15 is 0 Å². The number of carbonyl (C=O) groups excluding carboxylic acids is 1. The molecule has 0 saturated carbocycles. The number of fused-ring (bicyclic) bond motifs is 1. The molecule has 0 fully saturated rings. The molecule has 200 valence electrons. The highest BCUT2D eigenvalue weighted by atomic mass is 35.5. The first kappa shape index (κ1) is 26.1. The van der Waals surface area contributed by atoms with Crippen LogP contribution in [0.25, 0.3) is 0 Å². The van der Waals surface area contributed by atoms with Crippen molar-refractivity contribution in [3.8, 4) is 17.2 Å². The summed E-state index contributed by atoms with van der Waals surface area (Å²) in [6.45, 7) is 1.78. The topological polar surface area (TPSA) is 99.5 Å². The van der Waals surface area contributed by atoms with Crippen LogP contribution in [0.4, 0.5) is 16.0 Å². The Kier molecular flexibility index (Phi) is 7.38. The Hall–Kier alpha value is -4.57. The molecule has 4 aromatic rings. The highest BCUT2D eigenvalue weighted by Gasteiger charge is 2.33. The molecule has 0 radical (unpaired) electrons. The molecule has 0 spiro atoms. The first-order valence-corrected chi connectivity index (χ1v) is 12.3. The number of anilines is 2. The predicted octanol–water partition coefficient (Wildman–Crippen LogP) is 5.59. The van der Waals surface area contributed by atoms with Crippen LogP contribution in [0.3, 0.4) is 0 Å². The molecule has 0 saturated heterocycles. The maximum Gasteiger partial charge on any atom is 0.255 e. The maximum absolute atomic E-state index is 14.1. The third-order valence-corrected chi connectivity index (χ3v) is 6.69. The standard InChI is InChI=1S/C28H25ClFN5O4/c1-16-25(27(36)34-23-12-11-19(37-2)13-24(23)38-3)26(35-28(33-16)31-15-32-35)17-7-9-18(10-8-17)39-14-20-21(29)5-4-6-22(20)30/h4-13,15,26H,14H2,1-3H3,(H,34,36)(H,31,32,33)/t26-/m1/s1. The summed E-state index contributed by atoms with van der Waals surface area (Å²) in [5, 5.41) is 10.8. The van der Waals surface area contributed by atoms with Gasteiger partial charge in [0.05, 0.1) is 30.5 Å². The number of amides is 1. The van der Waals surface area contributed by atoms with Crippen molar-refractivity contribution in [1.82, 2.24) is 14.8 Å². The number of nitrogens with one attached hydrogen (secondary N) is 2. The number of allylic oxidation sites excluding steroid dienone is 1. The smallest absolute Gasteiger partial charge is 0.255 e. The molecule has 0 unspecified atom stereocenters. The first-order chi connectivity index (χ1) is 18.9. The summed E-state index contributed by atoms with van der Waals surface area (Å²) in [5.41, 5.74) is 2.60. The fourth-order valence-corrected chi connectivity index (χ4v) is 4.57. The number of methoxy groups -OCH3 is 2. The SMILES string of the molecule is COc1ccc(NC(=O)C2=C(C)Nc3ncnn3[C@@H]2c2ccc(OCc3c(F)cccc3Cl)cc2)c(OC)c1. The number of rotatable bonds is 8. The molecule has 0 aliphatic carbocycles. The number of ether oxygens (including phenoxy) is 3. The van der Waals surface area contributed by atoms with Crippen LogP contribution >= 0.6 is 11.6 Å². The van der Waals surface area contributed by atoms with Gasteiger partial charge in [-0.2, -0.15) is 10.1 Å². The van der Waals surface area contributed by atoms with Crippen LogP contribution in [0.15, 0.2) is 78.3 Å². The van der Waals surface area contributed by atoms with Crippen molar-refractivity contribution < 1.29 is 23.4 Å². The van der Waals surface area contributed by atoms with E-state index in [1.165, 1.54) is 19.5 Å². The minimum absolute atomic E-state index is 0.0260. The fraction of sp³-hybridized carbons (Fsp3) is 0.179. The van der Waals surface area contributed by atoms with Crippen molar-refractivity contribution in [2.24, 2.45) is 0 Å². The predicted molar refractivity (Wildman–Crippen MR) is 145 cm³/mol. The zero-order valence-electron chi connectivity index (χ0n) is 21.4. The molecule has 0 bridgehead atoms. The molecule has 3 aromatic carbocycles. The quantitative estimate of drug-likeness (QED) is 0.295. The van der Waals surface area contributed by atoms with Gasteiger partial charge in [0, 0.05) is 17.3 Å². The average molecular weight is 550 g/mol. The second kappa shape index (κ2) is 11.0. The fourth-order valence-electron chi connectivity index (χ4n) is 4.36. The molecule has 1 aliphatic heterocycles. The molecule has 9 nitrogen and oxygen atoms in total. The Balaban J connectivity index is 1.42. The van der Waals surface area contributed by atoms with Crippen molar-refractivity contribution in [3.63, 3.8) is 0 Å². The normalized spacial score (nSPS) is 14.3. The summed E-state index contributed by atoms with van der Waals surface area (Å²) in [6.07, 6.45) is 1.42. The van der Waals surface area contributed by atoms with E-state index < -0.39 is 11.9 Å². The summed E-state index contributed by atoms with van der Waals surface area (Å²) in [6, 6.07) is 16.2. The lowest BCUT2D eigenvalue weighted by Crippen LogP contribution is -2.31. The van der Waals surface area contributed by atoms with E-state index in [-0.39, 0.29) is 18.1 Å². The molecule has 39 heavy (non-hydrogen) atoms. The Morgan fingerprint density at radius 2 is 1.87 bits per heavy atom. The number of nitrogens with zero attached hydrogens (tertiary/aromatic N) is 3. The van der Waals surface area contributed by atoms with Crippen molar-refractivity contribution in [3.05, 3.63) is 100 Å². The Labute approximate surface area is 229 Å². The van der Waals surface area contributed by atoms with Crippen LogP contribution < -0.4 is 24.8 Å². The molecule has 1 atom stereocenters. The first-order valence-electron chi connectivity index (χ1n) is 12.0. The molecular weight excluding hydrogens is 525 g/mol. The van der Waals surface area contributed by atoms with Gasteiger partial charge in [-0.05, 0) is 48.9 Å². The number of aromatic nitrogens is 3. The summed E-state index contributed by atoms with van der Waals surface area (Å²) >= 11 is 6.11. The van der Waals surface area contributed by atoms with Gasteiger partial charge in [0.2, 0.25) is 5.95 Å². The van der Waals surface area contributed by atoms with Gasteiger partial charge in [0.1, 0.15) is 42.0 Å². The number of carbonyl (C=O) groups is 1. The molecule has 1 aromatic heterocycles. The van der Waals surface area contributed by atoms with Crippen LogP contribution in [0, 0.1) is 5.82 Å². The minimum atomic E-state index is -0.581. The molecular formula is C28H25ClFN5O4. The van der Waals surface area contributed by atoms with E-state index in [4.69, 9.17) is 25.8 Å². The highest BCUT2D eigenvalue weighted by Crippen LogP contribution is 2.37. The number of hydrogen-bond acceptors (Lipinski definition) is 7. The summed E-state index contributed by atoms with van der Waals surface area (Å²) < 4.78 is 32.2. The van der Waals surface area contributed by atoms with E-state index in [2.05, 4.69) is 20.7 Å². The van der Waals surface area contributed by atoms with Gasteiger partial charge in [-0.3, -0.25) is 4.79 Å². The van der Waals surface area contributed by atoms with Crippen LogP contribution in [-0.4, -0.2) is 34.9 Å². The molecule has 2 heterocycles. The van der Waals surface area contributed by atoms with Gasteiger partial charge in [-0.25, -0.2) is 9.07 Å². The van der Waals surface area contributed by atoms with Crippen LogP contribution in [0.1, 0.15) is 24.1 Å². The van der Waals surface area contributed by atoms with Crippen molar-refractivity contribution >= 4 is 29.1 Å². The van der Waals surface area contributed by atoms with Gasteiger partial charge >= 0.3 is 0 Å². The summed E-state index contributed by atoms with van der Waals surface area (Å²) in [7, 11) is 3.08. The van der Waals surface area contributed by atoms with E-state index in [1.54, 1.807) is 61.2 Å². The third kappa shape index (κ3) is 5.23. The van der Waals surface area contributed by atoms with E-state index in [1.807, 2.05) is 12.1 Å². The lowest BCUT2D eigenvalue weighted by Gasteiger charge is -2.29. The van der Waals surface area contributed by atoms with E-state index in [0.29, 0.717) is 45.2 Å². The Morgan fingerprint density at radius 1 is 1.10 bits per heavy atom. The second-order valence-corrected chi connectivity index (χ2v) is 9.08. The van der Waals surface area contributed by atoms with Crippen molar-refractivity contribution in [2.45, 2.75) is 19.6 Å². The minimum Gasteiger partial charge on any atom is -0.497 e. The Morgan fingerprint density at radius 3 is 2.59 bits per heavy atom. The second-order valence-electron chi connectivity index (χ2n) is 8.67. The Bertz CT molecular complexity index is 1530. The number of hydrogen-bond donors (Lipinski definition) is 2. The van der Waals surface area contributed by atoms with Gasteiger partial charge in [-0.15, -0.1) is 0 Å². The maximum atomic E-state index is 14.1. The molecule has 1 aliphatic rings. The van der Waals surface area contributed by atoms with Crippen molar-refractivity contribution in [1.29, 1.82) is 0 Å². The van der Waals surface area contributed by atoms with E-state index in [0.717, 1.165) is 5.56 Å². The molecule has 1 amide bonds.